The summed E-state index contributed by atoms with van der Waals surface area (Å²) in [7, 11) is 0. The Labute approximate surface area is 151 Å². The molecular weight excluding hydrogens is 387 g/mol. The fourth-order valence-corrected chi connectivity index (χ4v) is 3.36. The second-order valence-corrected chi connectivity index (χ2v) is 7.33. The second-order valence-electron chi connectivity index (χ2n) is 6.04. The molecular formula is C16H21BrCl2N2O. The van der Waals surface area contributed by atoms with Gasteiger partial charge < -0.3 is 10.2 Å². The lowest BCUT2D eigenvalue weighted by Crippen LogP contribution is -2.45. The van der Waals surface area contributed by atoms with Gasteiger partial charge in [-0.1, -0.05) is 11.6 Å². The number of nitrogens with one attached hydrogen (secondary N) is 1. The summed E-state index contributed by atoms with van der Waals surface area (Å²) in [4.78, 5) is 14.5. The molecule has 0 spiro atoms. The smallest absolute Gasteiger partial charge is 0.255 e. The van der Waals surface area contributed by atoms with E-state index in [-0.39, 0.29) is 18.3 Å². The van der Waals surface area contributed by atoms with Gasteiger partial charge in [-0.05, 0) is 72.3 Å². The predicted octanol–water partition coefficient (Wildman–Crippen LogP) is 4.13. The molecule has 3 rings (SSSR count). The molecule has 1 saturated heterocycles. The Morgan fingerprint density at radius 2 is 1.95 bits per heavy atom. The van der Waals surface area contributed by atoms with Gasteiger partial charge in [0.15, 0.2) is 0 Å². The lowest BCUT2D eigenvalue weighted by molar-refractivity contribution is 0.0704. The Balaban J connectivity index is 0.00000176. The minimum absolute atomic E-state index is 0. The number of halogens is 3. The molecule has 1 N–H and O–H groups in total. The number of benzene rings is 1. The van der Waals surface area contributed by atoms with Crippen LogP contribution in [0.25, 0.3) is 0 Å². The van der Waals surface area contributed by atoms with E-state index in [2.05, 4.69) is 21.2 Å². The summed E-state index contributed by atoms with van der Waals surface area (Å²) in [6, 6.07) is 5.93. The Bertz CT molecular complexity index is 529. The van der Waals surface area contributed by atoms with Gasteiger partial charge in [0.1, 0.15) is 0 Å². The Morgan fingerprint density at radius 3 is 2.59 bits per heavy atom. The number of carbonyl (C=O) groups is 1. The van der Waals surface area contributed by atoms with Crippen LogP contribution in [-0.4, -0.2) is 36.5 Å². The number of piperidine rings is 1. The van der Waals surface area contributed by atoms with Crippen molar-refractivity contribution in [3.8, 4) is 0 Å². The highest BCUT2D eigenvalue weighted by Crippen LogP contribution is 2.28. The third-order valence-electron chi connectivity index (χ3n) is 4.33. The SMILES string of the molecule is Cl.O=C(c1cc(Cl)ccc1Br)N1CCC(NCC2CC2)CC1. The van der Waals surface area contributed by atoms with E-state index < -0.39 is 0 Å². The number of likely N-dealkylation sites (tertiary alicyclic amines) is 1. The van der Waals surface area contributed by atoms with Gasteiger partial charge in [-0.3, -0.25) is 4.79 Å². The summed E-state index contributed by atoms with van der Waals surface area (Å²) in [5.74, 6) is 0.983. The summed E-state index contributed by atoms with van der Waals surface area (Å²) in [5.41, 5.74) is 0.659. The molecule has 122 valence electrons. The first kappa shape index (κ1) is 18.1. The van der Waals surface area contributed by atoms with E-state index in [1.165, 1.54) is 12.8 Å². The van der Waals surface area contributed by atoms with Crippen LogP contribution in [0.4, 0.5) is 0 Å². The molecule has 3 nitrogen and oxygen atoms in total. The average Bonchev–Trinajstić information content (AvgIpc) is 3.32. The monoisotopic (exact) mass is 406 g/mol. The quantitative estimate of drug-likeness (QED) is 0.813. The van der Waals surface area contributed by atoms with Gasteiger partial charge in [0, 0.05) is 28.6 Å². The molecule has 2 fully saturated rings. The lowest BCUT2D eigenvalue weighted by Gasteiger charge is -2.32. The summed E-state index contributed by atoms with van der Waals surface area (Å²) in [5, 5.41) is 4.23. The molecule has 0 bridgehead atoms. The average molecular weight is 408 g/mol. The lowest BCUT2D eigenvalue weighted by atomic mass is 10.0. The van der Waals surface area contributed by atoms with Crippen LogP contribution in [-0.2, 0) is 0 Å². The van der Waals surface area contributed by atoms with Gasteiger partial charge in [0.2, 0.25) is 0 Å². The van der Waals surface area contributed by atoms with E-state index in [0.29, 0.717) is 16.6 Å². The molecule has 1 amide bonds. The zero-order chi connectivity index (χ0) is 14.8. The van der Waals surface area contributed by atoms with Crippen molar-refractivity contribution in [2.24, 2.45) is 5.92 Å². The van der Waals surface area contributed by atoms with Crippen molar-refractivity contribution in [3.63, 3.8) is 0 Å². The number of hydrogen-bond donors (Lipinski definition) is 1. The number of rotatable bonds is 4. The van der Waals surface area contributed by atoms with E-state index >= 15 is 0 Å². The van der Waals surface area contributed by atoms with Gasteiger partial charge in [-0.2, -0.15) is 0 Å². The summed E-state index contributed by atoms with van der Waals surface area (Å²) in [6.45, 7) is 2.79. The third-order valence-corrected chi connectivity index (χ3v) is 5.26. The molecule has 0 aromatic heterocycles. The van der Waals surface area contributed by atoms with Crippen molar-refractivity contribution in [1.82, 2.24) is 10.2 Å². The van der Waals surface area contributed by atoms with Crippen LogP contribution >= 0.6 is 39.9 Å². The topological polar surface area (TPSA) is 32.3 Å². The minimum atomic E-state index is 0. The predicted molar refractivity (Wildman–Crippen MR) is 96.1 cm³/mol. The minimum Gasteiger partial charge on any atom is -0.338 e. The van der Waals surface area contributed by atoms with Crippen LogP contribution in [0, 0.1) is 5.92 Å². The number of amides is 1. The molecule has 1 aromatic carbocycles. The van der Waals surface area contributed by atoms with Crippen LogP contribution < -0.4 is 5.32 Å². The van der Waals surface area contributed by atoms with Crippen LogP contribution in [0.15, 0.2) is 22.7 Å². The van der Waals surface area contributed by atoms with Crippen LogP contribution in [0.1, 0.15) is 36.0 Å². The van der Waals surface area contributed by atoms with E-state index in [9.17, 15) is 4.79 Å². The van der Waals surface area contributed by atoms with Crippen molar-refractivity contribution in [1.29, 1.82) is 0 Å². The van der Waals surface area contributed by atoms with Crippen LogP contribution in [0.2, 0.25) is 5.02 Å². The molecule has 1 aliphatic carbocycles. The number of hydrogen-bond acceptors (Lipinski definition) is 2. The van der Waals surface area contributed by atoms with E-state index in [4.69, 9.17) is 11.6 Å². The van der Waals surface area contributed by atoms with Gasteiger partial charge in [-0.15, -0.1) is 12.4 Å². The van der Waals surface area contributed by atoms with E-state index in [1.807, 2.05) is 11.0 Å². The maximum Gasteiger partial charge on any atom is 0.255 e. The zero-order valence-corrected chi connectivity index (χ0v) is 15.5. The highest BCUT2D eigenvalue weighted by atomic mass is 79.9. The summed E-state index contributed by atoms with van der Waals surface area (Å²) in [6.07, 6.45) is 4.84. The summed E-state index contributed by atoms with van der Waals surface area (Å²) >= 11 is 9.44. The standard InChI is InChI=1S/C16H20BrClN2O.ClH/c17-15-4-3-12(18)9-14(15)16(21)20-7-5-13(6-8-20)19-10-11-1-2-11;/h3-4,9,11,13,19H,1-2,5-8,10H2;1H. The van der Waals surface area contributed by atoms with Gasteiger partial charge in [0.25, 0.3) is 5.91 Å². The van der Waals surface area contributed by atoms with E-state index in [0.717, 1.165) is 42.9 Å². The molecule has 0 unspecified atom stereocenters. The van der Waals surface area contributed by atoms with Crippen LogP contribution in [0.5, 0.6) is 0 Å². The fourth-order valence-electron chi connectivity index (χ4n) is 2.77. The largest absolute Gasteiger partial charge is 0.338 e. The molecule has 2 aliphatic rings. The first-order chi connectivity index (χ1) is 10.1. The molecule has 1 aliphatic heterocycles. The Kier molecular flexibility index (Phi) is 6.57. The molecule has 6 heteroatoms. The maximum absolute atomic E-state index is 12.6. The molecule has 0 atom stereocenters. The van der Waals surface area contributed by atoms with E-state index in [1.54, 1.807) is 12.1 Å². The molecule has 22 heavy (non-hydrogen) atoms. The van der Waals surface area contributed by atoms with Gasteiger partial charge in [-0.25, -0.2) is 0 Å². The zero-order valence-electron chi connectivity index (χ0n) is 12.4. The number of carbonyl (C=O) groups excluding carboxylic acids is 1. The molecule has 0 radical (unpaired) electrons. The normalized spacial score (nSPS) is 18.9. The second kappa shape index (κ2) is 8.00. The Morgan fingerprint density at radius 1 is 1.27 bits per heavy atom. The van der Waals surface area contributed by atoms with Crippen molar-refractivity contribution < 1.29 is 4.79 Å². The van der Waals surface area contributed by atoms with Crippen molar-refractivity contribution >= 4 is 45.8 Å². The number of nitrogens with zero attached hydrogens (tertiary/aromatic N) is 1. The highest BCUT2D eigenvalue weighted by Gasteiger charge is 2.27. The maximum atomic E-state index is 12.6. The summed E-state index contributed by atoms with van der Waals surface area (Å²) < 4.78 is 0.811. The van der Waals surface area contributed by atoms with Gasteiger partial charge in [0.05, 0.1) is 5.56 Å². The van der Waals surface area contributed by atoms with Crippen LogP contribution in [0.3, 0.4) is 0 Å². The molecule has 1 heterocycles. The first-order valence-electron chi connectivity index (χ1n) is 7.61. The molecule has 1 aromatic rings. The molecule has 1 saturated carbocycles. The fraction of sp³-hybridized carbons (Fsp3) is 0.562. The van der Waals surface area contributed by atoms with Crippen molar-refractivity contribution in [2.45, 2.75) is 31.7 Å². The first-order valence-corrected chi connectivity index (χ1v) is 8.78. The third kappa shape index (κ3) is 4.60. The van der Waals surface area contributed by atoms with Gasteiger partial charge >= 0.3 is 0 Å². The van der Waals surface area contributed by atoms with Crippen molar-refractivity contribution in [2.75, 3.05) is 19.6 Å². The van der Waals surface area contributed by atoms with Crippen molar-refractivity contribution in [3.05, 3.63) is 33.3 Å². The Hall–Kier alpha value is -0.290. The highest BCUT2D eigenvalue weighted by molar-refractivity contribution is 9.10.